The van der Waals surface area contributed by atoms with Crippen molar-refractivity contribution < 1.29 is 29.2 Å². The standard InChI is InChI=1S/2C16H15FN2S2.Pd/c2*1-12(14-9-5-6-10-15(14)17)18-19-16(20)21-11-13-7-3-2-4-8-13;/h2*2-10H,11H2,1H3,(H,19,20);/q;;+2. The van der Waals surface area contributed by atoms with E-state index in [-0.39, 0.29) is 32.1 Å². The summed E-state index contributed by atoms with van der Waals surface area (Å²) < 4.78 is 28.3. The van der Waals surface area contributed by atoms with E-state index in [4.69, 9.17) is 0 Å². The molecule has 0 N–H and O–H groups in total. The van der Waals surface area contributed by atoms with Crippen molar-refractivity contribution >= 4 is 68.0 Å². The van der Waals surface area contributed by atoms with Gasteiger partial charge in [-0.25, -0.2) is 8.78 Å². The quantitative estimate of drug-likeness (QED) is 0.0455. The van der Waals surface area contributed by atoms with Crippen LogP contribution in [0.1, 0.15) is 36.1 Å². The van der Waals surface area contributed by atoms with Crippen LogP contribution in [0.3, 0.4) is 0 Å². The molecule has 4 aromatic rings. The van der Waals surface area contributed by atoms with E-state index in [9.17, 15) is 8.78 Å². The van der Waals surface area contributed by atoms with E-state index < -0.39 is 0 Å². The van der Waals surface area contributed by atoms with Crippen molar-refractivity contribution in [2.24, 2.45) is 10.2 Å². The molecular formula is C32H30F2N4PdS4+2. The molecule has 4 nitrogen and oxygen atoms in total. The van der Waals surface area contributed by atoms with Gasteiger partial charge in [0.2, 0.25) is 0 Å². The first-order valence-electron chi connectivity index (χ1n) is 12.8. The minimum atomic E-state index is -0.299. The third-order valence-corrected chi connectivity index (χ3v) is 8.11. The van der Waals surface area contributed by atoms with Crippen molar-refractivity contribution in [3.63, 3.8) is 0 Å². The molecule has 0 aliphatic heterocycles. The second kappa shape index (κ2) is 20.2. The average Bonchev–Trinajstić information content (AvgIpc) is 3.02. The SMILES string of the molecule is CC(=N[N-]C(=[SH+])SCc1ccccc1)c1ccccc1F.CC(=N[N-]C(=[SH+])SCc1ccccc1)c1ccccc1F.[Pd+2]. The van der Waals surface area contributed by atoms with Gasteiger partial charge in [-0.05, 0) is 37.1 Å². The molecule has 0 aliphatic rings. The Morgan fingerprint density at radius 1 is 0.581 bits per heavy atom. The van der Waals surface area contributed by atoms with E-state index in [1.54, 1.807) is 50.2 Å². The molecule has 0 bridgehead atoms. The molecule has 43 heavy (non-hydrogen) atoms. The summed E-state index contributed by atoms with van der Waals surface area (Å²) in [4.78, 5) is 0. The first-order valence-corrected chi connectivity index (χ1v) is 15.7. The van der Waals surface area contributed by atoms with Gasteiger partial charge in [0.05, 0.1) is 0 Å². The van der Waals surface area contributed by atoms with E-state index >= 15 is 0 Å². The van der Waals surface area contributed by atoms with Crippen molar-refractivity contribution in [3.05, 3.63) is 154 Å². The molecule has 4 rings (SSSR count). The number of hydrogen-bond acceptors (Lipinski definition) is 4. The minimum Gasteiger partial charge on any atom is -0.519 e. The first kappa shape index (κ1) is 36.4. The molecule has 4 aromatic carbocycles. The minimum absolute atomic E-state index is 0. The molecule has 0 spiro atoms. The Morgan fingerprint density at radius 3 is 1.26 bits per heavy atom. The Labute approximate surface area is 284 Å². The van der Waals surface area contributed by atoms with Crippen LogP contribution in [0.15, 0.2) is 119 Å². The molecule has 11 heteroatoms. The Kier molecular flexibility index (Phi) is 17.1. The number of benzene rings is 4. The van der Waals surface area contributed by atoms with Gasteiger partial charge in [-0.3, -0.25) is 0 Å². The fourth-order valence-corrected chi connectivity index (χ4v) is 5.00. The van der Waals surface area contributed by atoms with Crippen LogP contribution in [-0.4, -0.2) is 20.1 Å². The molecule has 0 aliphatic carbocycles. The summed E-state index contributed by atoms with van der Waals surface area (Å²) in [7, 11) is 0. The van der Waals surface area contributed by atoms with E-state index in [0.717, 1.165) is 11.5 Å². The van der Waals surface area contributed by atoms with Gasteiger partial charge in [0.25, 0.3) is 0 Å². The largest absolute Gasteiger partial charge is 2.00 e. The summed E-state index contributed by atoms with van der Waals surface area (Å²) >= 11 is 11.5. The van der Waals surface area contributed by atoms with Crippen LogP contribution in [0, 0.1) is 11.6 Å². The first-order chi connectivity index (χ1) is 20.3. The van der Waals surface area contributed by atoms with Crippen LogP contribution in [0.5, 0.6) is 0 Å². The summed E-state index contributed by atoms with van der Waals surface area (Å²) in [6, 6.07) is 33.1. The Morgan fingerprint density at radius 2 is 0.907 bits per heavy atom. The molecule has 224 valence electrons. The van der Waals surface area contributed by atoms with Gasteiger partial charge in [0.1, 0.15) is 11.6 Å². The van der Waals surface area contributed by atoms with Gasteiger partial charge < -0.3 is 21.1 Å². The van der Waals surface area contributed by atoms with Gasteiger partial charge in [-0.15, -0.1) is 0 Å². The van der Waals surface area contributed by atoms with Crippen LogP contribution < -0.4 is 0 Å². The van der Waals surface area contributed by atoms with E-state index in [1.807, 2.05) is 60.7 Å². The topological polar surface area (TPSA) is 52.9 Å². The Balaban J connectivity index is 0.000000293. The molecule has 0 saturated heterocycles. The number of thioether (sulfide) groups is 2. The van der Waals surface area contributed by atoms with Crippen molar-refractivity contribution in [2.45, 2.75) is 25.4 Å². The van der Waals surface area contributed by atoms with Gasteiger partial charge in [0.15, 0.2) is 33.1 Å². The predicted molar refractivity (Wildman–Crippen MR) is 187 cm³/mol. The zero-order valence-corrected chi connectivity index (χ0v) is 28.4. The van der Waals surface area contributed by atoms with Gasteiger partial charge in [-0.1, -0.05) is 121 Å². The maximum atomic E-state index is 13.6. The number of hydrogen-bond donors (Lipinski definition) is 0. The predicted octanol–water partition coefficient (Wildman–Crippen LogP) is 8.44. The second-order valence-corrected chi connectivity index (χ2v) is 12.0. The summed E-state index contributed by atoms with van der Waals surface area (Å²) in [5.74, 6) is 0.952. The third kappa shape index (κ3) is 13.6. The van der Waals surface area contributed by atoms with Crippen molar-refractivity contribution in [1.29, 1.82) is 0 Å². The molecule has 0 unspecified atom stereocenters. The third-order valence-electron chi connectivity index (χ3n) is 5.52. The van der Waals surface area contributed by atoms with Gasteiger partial charge in [0, 0.05) is 34.1 Å². The normalized spacial score (nSPS) is 11.0. The Hall–Kier alpha value is -2.78. The van der Waals surface area contributed by atoms with E-state index in [2.05, 4.69) is 45.5 Å². The summed E-state index contributed by atoms with van der Waals surface area (Å²) in [5.41, 5.74) is 12.4. The van der Waals surface area contributed by atoms with Gasteiger partial charge >= 0.3 is 20.4 Å². The van der Waals surface area contributed by atoms with Crippen molar-refractivity contribution in [2.75, 3.05) is 0 Å². The molecule has 0 atom stereocenters. The van der Waals surface area contributed by atoms with Crippen LogP contribution in [0.2, 0.25) is 0 Å². The number of thiol groups is 2. The number of rotatable bonds is 8. The molecule has 0 radical (unpaired) electrons. The van der Waals surface area contributed by atoms with Crippen molar-refractivity contribution in [3.8, 4) is 0 Å². The van der Waals surface area contributed by atoms with Crippen LogP contribution in [0.25, 0.3) is 10.9 Å². The molecular weight excluding hydrogens is 713 g/mol. The maximum Gasteiger partial charge on any atom is 2.00 e. The monoisotopic (exact) mass is 742 g/mol. The average molecular weight is 743 g/mol. The van der Waals surface area contributed by atoms with Crippen molar-refractivity contribution in [1.82, 2.24) is 0 Å². The summed E-state index contributed by atoms with van der Waals surface area (Å²) in [5, 5.41) is 8.07. The molecule has 0 aromatic heterocycles. The smallest absolute Gasteiger partial charge is 0.519 e. The van der Waals surface area contributed by atoms with E-state index in [1.165, 1.54) is 46.8 Å². The van der Waals surface area contributed by atoms with Crippen LogP contribution in [-0.2, 0) is 56.4 Å². The zero-order valence-electron chi connectivity index (χ0n) is 23.4. The molecule has 0 heterocycles. The molecule has 0 saturated carbocycles. The number of nitrogens with zero attached hydrogens (tertiary/aromatic N) is 4. The second-order valence-electron chi connectivity index (χ2n) is 8.64. The molecule has 0 fully saturated rings. The van der Waals surface area contributed by atoms with Crippen LogP contribution in [0.4, 0.5) is 8.78 Å². The fraction of sp³-hybridized carbons (Fsp3) is 0.125. The fourth-order valence-electron chi connectivity index (χ4n) is 3.35. The summed E-state index contributed by atoms with van der Waals surface area (Å²) in [6.45, 7) is 3.45. The van der Waals surface area contributed by atoms with Gasteiger partial charge in [-0.2, -0.15) is 0 Å². The molecule has 0 amide bonds. The maximum absolute atomic E-state index is 13.6. The van der Waals surface area contributed by atoms with Crippen LogP contribution >= 0.6 is 23.5 Å². The Bertz CT molecular complexity index is 1410. The zero-order chi connectivity index (χ0) is 30.2. The number of halogens is 2. The summed E-state index contributed by atoms with van der Waals surface area (Å²) in [6.07, 6.45) is 0. The van der Waals surface area contributed by atoms with E-state index in [0.29, 0.717) is 31.2 Å².